The number of aromatic nitrogens is 1. The Hall–Kier alpha value is -0.890. The molecule has 2 unspecified atom stereocenters. The highest BCUT2D eigenvalue weighted by molar-refractivity contribution is 5.14. The van der Waals surface area contributed by atoms with Gasteiger partial charge in [0.1, 0.15) is 0 Å². The van der Waals surface area contributed by atoms with E-state index in [0.717, 1.165) is 5.92 Å². The number of nitrogens with one attached hydrogen (secondary N) is 1. The Kier molecular flexibility index (Phi) is 5.20. The molecule has 0 aromatic carbocycles. The van der Waals surface area contributed by atoms with Crippen LogP contribution in [0, 0.1) is 11.3 Å². The Balaban J connectivity index is 2.24. The summed E-state index contributed by atoms with van der Waals surface area (Å²) in [5.74, 6) is 1.23. The minimum absolute atomic E-state index is 0.458. The summed E-state index contributed by atoms with van der Waals surface area (Å²) < 4.78 is 0. The highest BCUT2D eigenvalue weighted by Gasteiger charge is 2.43. The molecule has 0 aliphatic heterocycles. The number of hydrogen-bond acceptors (Lipinski definition) is 2. The van der Waals surface area contributed by atoms with Gasteiger partial charge in [0.25, 0.3) is 0 Å². The van der Waals surface area contributed by atoms with E-state index in [9.17, 15) is 0 Å². The van der Waals surface area contributed by atoms with Crippen LogP contribution in [0.2, 0.25) is 0 Å². The molecule has 2 nitrogen and oxygen atoms in total. The standard InChI is InChI=1S/C18H30N2/c1-14(2)13-18(10-6-7-11-18)17(19-4)15(3)16-9-5-8-12-20-16/h5,8-9,12,14-15,17,19H,6-7,10-11,13H2,1-4H3. The lowest BCUT2D eigenvalue weighted by Crippen LogP contribution is -2.46. The van der Waals surface area contributed by atoms with E-state index in [2.05, 4.69) is 50.3 Å². The molecule has 2 atom stereocenters. The minimum Gasteiger partial charge on any atom is -0.316 e. The average molecular weight is 274 g/mol. The summed E-state index contributed by atoms with van der Waals surface area (Å²) in [5, 5.41) is 3.65. The molecule has 0 bridgehead atoms. The van der Waals surface area contributed by atoms with Crippen molar-refractivity contribution in [2.75, 3.05) is 7.05 Å². The Morgan fingerprint density at radius 1 is 1.20 bits per heavy atom. The van der Waals surface area contributed by atoms with E-state index in [1.807, 2.05) is 12.3 Å². The molecule has 1 saturated carbocycles. The van der Waals surface area contributed by atoms with Crippen LogP contribution in [0.3, 0.4) is 0 Å². The highest BCUT2D eigenvalue weighted by Crippen LogP contribution is 2.49. The minimum atomic E-state index is 0.458. The van der Waals surface area contributed by atoms with Gasteiger partial charge in [-0.05, 0) is 49.8 Å². The van der Waals surface area contributed by atoms with Crippen molar-refractivity contribution in [3.63, 3.8) is 0 Å². The van der Waals surface area contributed by atoms with E-state index in [1.54, 1.807) is 0 Å². The van der Waals surface area contributed by atoms with Crippen LogP contribution in [0.5, 0.6) is 0 Å². The van der Waals surface area contributed by atoms with Crippen LogP contribution in [0.25, 0.3) is 0 Å². The molecule has 1 heterocycles. The van der Waals surface area contributed by atoms with E-state index in [0.29, 0.717) is 17.4 Å². The van der Waals surface area contributed by atoms with Crippen molar-refractivity contribution in [2.45, 2.75) is 64.8 Å². The fraction of sp³-hybridized carbons (Fsp3) is 0.722. The van der Waals surface area contributed by atoms with Gasteiger partial charge in [-0.3, -0.25) is 4.98 Å². The van der Waals surface area contributed by atoms with Gasteiger partial charge in [0.05, 0.1) is 0 Å². The van der Waals surface area contributed by atoms with Gasteiger partial charge in [-0.15, -0.1) is 0 Å². The third-order valence-corrected chi connectivity index (χ3v) is 5.04. The zero-order valence-electron chi connectivity index (χ0n) is 13.5. The van der Waals surface area contributed by atoms with Crippen molar-refractivity contribution in [2.24, 2.45) is 11.3 Å². The Bertz CT molecular complexity index is 393. The lowest BCUT2D eigenvalue weighted by atomic mass is 9.68. The number of pyridine rings is 1. The van der Waals surface area contributed by atoms with Gasteiger partial charge in [0, 0.05) is 23.9 Å². The van der Waals surface area contributed by atoms with Crippen molar-refractivity contribution in [3.05, 3.63) is 30.1 Å². The number of hydrogen-bond donors (Lipinski definition) is 1. The molecule has 0 amide bonds. The van der Waals surface area contributed by atoms with Crippen LogP contribution in [-0.2, 0) is 0 Å². The third-order valence-electron chi connectivity index (χ3n) is 5.04. The zero-order chi connectivity index (χ0) is 14.6. The summed E-state index contributed by atoms with van der Waals surface area (Å²) >= 11 is 0. The summed E-state index contributed by atoms with van der Waals surface area (Å²) in [6.45, 7) is 7.06. The fourth-order valence-electron chi connectivity index (χ4n) is 4.44. The molecule has 0 saturated heterocycles. The molecular formula is C18H30N2. The molecule has 20 heavy (non-hydrogen) atoms. The lowest BCUT2D eigenvalue weighted by Gasteiger charge is -2.42. The normalized spacial score (nSPS) is 21.1. The van der Waals surface area contributed by atoms with Crippen molar-refractivity contribution in [3.8, 4) is 0 Å². The van der Waals surface area contributed by atoms with Crippen LogP contribution in [0.1, 0.15) is 64.5 Å². The van der Waals surface area contributed by atoms with Crippen molar-refractivity contribution in [1.82, 2.24) is 10.3 Å². The largest absolute Gasteiger partial charge is 0.316 e. The Labute approximate surface area is 124 Å². The van der Waals surface area contributed by atoms with Gasteiger partial charge in [-0.1, -0.05) is 39.7 Å². The SMILES string of the molecule is CNC(C(C)c1ccccn1)C1(CC(C)C)CCCC1. The van der Waals surface area contributed by atoms with E-state index >= 15 is 0 Å². The molecule has 1 aromatic heterocycles. The quantitative estimate of drug-likeness (QED) is 0.832. The van der Waals surface area contributed by atoms with Crippen LogP contribution >= 0.6 is 0 Å². The topological polar surface area (TPSA) is 24.9 Å². The number of likely N-dealkylation sites (N-methyl/N-ethyl adjacent to an activating group) is 1. The molecule has 1 aliphatic rings. The van der Waals surface area contributed by atoms with E-state index in [1.165, 1.54) is 37.8 Å². The van der Waals surface area contributed by atoms with Crippen LogP contribution < -0.4 is 5.32 Å². The summed E-state index contributed by atoms with van der Waals surface area (Å²) in [7, 11) is 2.13. The Morgan fingerprint density at radius 2 is 1.90 bits per heavy atom. The molecule has 2 heteroatoms. The summed E-state index contributed by atoms with van der Waals surface area (Å²) in [4.78, 5) is 4.59. The monoisotopic (exact) mass is 274 g/mol. The fourth-order valence-corrected chi connectivity index (χ4v) is 4.44. The molecule has 0 radical (unpaired) electrons. The second-order valence-electron chi connectivity index (χ2n) is 6.98. The van der Waals surface area contributed by atoms with Crippen molar-refractivity contribution < 1.29 is 0 Å². The molecule has 1 aliphatic carbocycles. The number of nitrogens with zero attached hydrogens (tertiary/aromatic N) is 1. The first-order chi connectivity index (χ1) is 9.59. The lowest BCUT2D eigenvalue weighted by molar-refractivity contribution is 0.142. The van der Waals surface area contributed by atoms with E-state index < -0.39 is 0 Å². The molecule has 0 spiro atoms. The predicted octanol–water partition coefficient (Wildman–Crippen LogP) is 4.38. The maximum atomic E-state index is 4.59. The summed E-state index contributed by atoms with van der Waals surface area (Å²) in [6.07, 6.45) is 8.76. The number of rotatable bonds is 6. The first kappa shape index (κ1) is 15.5. The van der Waals surface area contributed by atoms with Crippen LogP contribution in [-0.4, -0.2) is 18.1 Å². The van der Waals surface area contributed by atoms with Crippen LogP contribution in [0.4, 0.5) is 0 Å². The van der Waals surface area contributed by atoms with Crippen LogP contribution in [0.15, 0.2) is 24.4 Å². The van der Waals surface area contributed by atoms with Gasteiger partial charge >= 0.3 is 0 Å². The zero-order valence-corrected chi connectivity index (χ0v) is 13.5. The summed E-state index contributed by atoms with van der Waals surface area (Å²) in [5.41, 5.74) is 1.68. The molecule has 1 aromatic rings. The van der Waals surface area contributed by atoms with Crippen molar-refractivity contribution >= 4 is 0 Å². The van der Waals surface area contributed by atoms with Gasteiger partial charge in [0.2, 0.25) is 0 Å². The maximum Gasteiger partial charge on any atom is 0.0447 e. The summed E-state index contributed by atoms with van der Waals surface area (Å²) in [6, 6.07) is 6.81. The molecule has 1 fully saturated rings. The van der Waals surface area contributed by atoms with Gasteiger partial charge in [0.15, 0.2) is 0 Å². The average Bonchev–Trinajstić information content (AvgIpc) is 2.88. The maximum absolute atomic E-state index is 4.59. The molecule has 1 N–H and O–H groups in total. The van der Waals surface area contributed by atoms with Gasteiger partial charge in [-0.25, -0.2) is 0 Å². The predicted molar refractivity (Wildman–Crippen MR) is 85.9 cm³/mol. The molecular weight excluding hydrogens is 244 g/mol. The van der Waals surface area contributed by atoms with E-state index in [4.69, 9.17) is 0 Å². The molecule has 2 rings (SSSR count). The Morgan fingerprint density at radius 3 is 2.40 bits per heavy atom. The van der Waals surface area contributed by atoms with Crippen molar-refractivity contribution in [1.29, 1.82) is 0 Å². The van der Waals surface area contributed by atoms with Gasteiger partial charge in [-0.2, -0.15) is 0 Å². The third kappa shape index (κ3) is 3.22. The highest BCUT2D eigenvalue weighted by atomic mass is 14.9. The van der Waals surface area contributed by atoms with E-state index in [-0.39, 0.29) is 0 Å². The second kappa shape index (κ2) is 6.71. The van der Waals surface area contributed by atoms with Gasteiger partial charge < -0.3 is 5.32 Å². The first-order valence-corrected chi connectivity index (χ1v) is 8.17. The first-order valence-electron chi connectivity index (χ1n) is 8.17. The smallest absolute Gasteiger partial charge is 0.0447 e. The second-order valence-corrected chi connectivity index (χ2v) is 6.98. The molecule has 112 valence electrons.